The first-order valence-electron chi connectivity index (χ1n) is 6.74. The Kier molecular flexibility index (Phi) is 3.71. The predicted octanol–water partition coefficient (Wildman–Crippen LogP) is 1.06. The summed E-state index contributed by atoms with van der Waals surface area (Å²) < 4.78 is 5.73. The summed E-state index contributed by atoms with van der Waals surface area (Å²) in [7, 11) is 0. The molecule has 0 aromatic heterocycles. The highest BCUT2D eigenvalue weighted by molar-refractivity contribution is 5.83. The Bertz CT molecular complexity index is 379. The topological polar surface area (TPSA) is 78.9 Å². The summed E-state index contributed by atoms with van der Waals surface area (Å²) in [6, 6.07) is -1.06. The fraction of sp³-hybridized carbons (Fsp3) is 0.846. The zero-order valence-electron chi connectivity index (χ0n) is 11.7. The van der Waals surface area contributed by atoms with E-state index in [2.05, 4.69) is 5.32 Å². The molecule has 0 radical (unpaired) electrons. The molecule has 1 saturated heterocycles. The van der Waals surface area contributed by atoms with Gasteiger partial charge in [0.1, 0.15) is 6.04 Å². The Morgan fingerprint density at radius 3 is 2.53 bits per heavy atom. The van der Waals surface area contributed by atoms with E-state index in [0.717, 1.165) is 12.8 Å². The van der Waals surface area contributed by atoms with Gasteiger partial charge in [-0.25, -0.2) is 9.59 Å². The van der Waals surface area contributed by atoms with Gasteiger partial charge in [0.2, 0.25) is 0 Å². The van der Waals surface area contributed by atoms with Gasteiger partial charge in [0.05, 0.1) is 18.2 Å². The van der Waals surface area contributed by atoms with Crippen molar-refractivity contribution in [3.63, 3.8) is 0 Å². The van der Waals surface area contributed by atoms with Crippen molar-refractivity contribution in [2.75, 3.05) is 13.1 Å². The number of morpholine rings is 1. The number of aliphatic carboxylic acids is 1. The van der Waals surface area contributed by atoms with E-state index < -0.39 is 17.6 Å². The molecule has 108 valence electrons. The Balaban J connectivity index is 1.96. The van der Waals surface area contributed by atoms with Gasteiger partial charge >= 0.3 is 12.0 Å². The van der Waals surface area contributed by atoms with Gasteiger partial charge in [0.25, 0.3) is 0 Å². The van der Waals surface area contributed by atoms with Crippen LogP contribution < -0.4 is 5.32 Å². The number of nitrogens with one attached hydrogen (secondary N) is 1. The Labute approximate surface area is 113 Å². The smallest absolute Gasteiger partial charge is 0.326 e. The number of carbonyl (C=O) groups excluding carboxylic acids is 1. The number of rotatable bonds is 3. The lowest BCUT2D eigenvalue weighted by molar-refractivity contribution is -0.140. The quantitative estimate of drug-likeness (QED) is 0.803. The van der Waals surface area contributed by atoms with Crippen molar-refractivity contribution in [2.45, 2.75) is 51.4 Å². The molecule has 2 unspecified atom stereocenters. The number of ether oxygens (including phenoxy) is 1. The second-order valence-corrected chi connectivity index (χ2v) is 6.17. The summed E-state index contributed by atoms with van der Waals surface area (Å²) in [5.74, 6) is -0.857. The number of hydrogen-bond donors (Lipinski definition) is 2. The summed E-state index contributed by atoms with van der Waals surface area (Å²) in [6.07, 6.45) is 1.71. The molecule has 0 spiro atoms. The van der Waals surface area contributed by atoms with Crippen LogP contribution in [0.5, 0.6) is 0 Å². The molecule has 0 aromatic rings. The van der Waals surface area contributed by atoms with Crippen molar-refractivity contribution >= 4 is 12.0 Å². The van der Waals surface area contributed by atoms with Gasteiger partial charge in [-0.3, -0.25) is 0 Å². The first-order valence-corrected chi connectivity index (χ1v) is 6.74. The van der Waals surface area contributed by atoms with Crippen LogP contribution in [0.3, 0.4) is 0 Å². The fourth-order valence-electron chi connectivity index (χ4n) is 2.64. The van der Waals surface area contributed by atoms with Gasteiger partial charge in [-0.2, -0.15) is 0 Å². The molecule has 1 saturated carbocycles. The molecule has 2 amide bonds. The lowest BCUT2D eigenvalue weighted by Gasteiger charge is -2.41. The van der Waals surface area contributed by atoms with E-state index in [0.29, 0.717) is 13.1 Å². The van der Waals surface area contributed by atoms with Crippen LogP contribution in [0.15, 0.2) is 0 Å². The molecule has 2 aliphatic rings. The average Bonchev–Trinajstić information content (AvgIpc) is 3.05. The monoisotopic (exact) mass is 270 g/mol. The lowest BCUT2D eigenvalue weighted by Crippen LogP contribution is -2.58. The first-order chi connectivity index (χ1) is 8.78. The maximum Gasteiger partial charge on any atom is 0.326 e. The van der Waals surface area contributed by atoms with Crippen molar-refractivity contribution in [3.05, 3.63) is 0 Å². The zero-order chi connectivity index (χ0) is 14.2. The van der Waals surface area contributed by atoms with Crippen LogP contribution in [0.25, 0.3) is 0 Å². The van der Waals surface area contributed by atoms with Gasteiger partial charge in [0, 0.05) is 6.54 Å². The van der Waals surface area contributed by atoms with Crippen LogP contribution in [0.2, 0.25) is 0 Å². The number of carbonyl (C=O) groups is 2. The summed E-state index contributed by atoms with van der Waals surface area (Å²) >= 11 is 0. The van der Waals surface area contributed by atoms with Crippen molar-refractivity contribution in [3.8, 4) is 0 Å². The minimum Gasteiger partial charge on any atom is -0.480 e. The summed E-state index contributed by atoms with van der Waals surface area (Å²) in [4.78, 5) is 25.0. The third kappa shape index (κ3) is 3.59. The number of carboxylic acids is 1. The van der Waals surface area contributed by atoms with Crippen LogP contribution >= 0.6 is 0 Å². The van der Waals surface area contributed by atoms with Crippen LogP contribution in [0, 0.1) is 5.92 Å². The van der Waals surface area contributed by atoms with E-state index in [1.165, 1.54) is 0 Å². The Hall–Kier alpha value is -1.30. The van der Waals surface area contributed by atoms with Crippen molar-refractivity contribution in [1.29, 1.82) is 0 Å². The van der Waals surface area contributed by atoms with Crippen molar-refractivity contribution in [1.82, 2.24) is 10.2 Å². The fourth-order valence-corrected chi connectivity index (χ4v) is 2.64. The van der Waals surface area contributed by atoms with E-state index in [1.54, 1.807) is 4.90 Å². The summed E-state index contributed by atoms with van der Waals surface area (Å²) in [5.41, 5.74) is -0.396. The number of amides is 2. The number of nitrogens with zero attached hydrogens (tertiary/aromatic N) is 1. The molecular weight excluding hydrogens is 248 g/mol. The van der Waals surface area contributed by atoms with Crippen molar-refractivity contribution < 1.29 is 19.4 Å². The van der Waals surface area contributed by atoms with Crippen LogP contribution in [0.4, 0.5) is 4.79 Å². The van der Waals surface area contributed by atoms with Crippen LogP contribution in [0.1, 0.15) is 33.6 Å². The molecular formula is C13H22N2O4. The van der Waals surface area contributed by atoms with E-state index in [4.69, 9.17) is 9.84 Å². The highest BCUT2D eigenvalue weighted by atomic mass is 16.5. The third-order valence-electron chi connectivity index (χ3n) is 3.50. The number of hydrogen-bond acceptors (Lipinski definition) is 3. The molecule has 0 bridgehead atoms. The average molecular weight is 270 g/mol. The molecule has 6 heteroatoms. The highest BCUT2D eigenvalue weighted by Crippen LogP contribution is 2.33. The van der Waals surface area contributed by atoms with Gasteiger partial charge in [-0.1, -0.05) is 0 Å². The SMILES string of the molecule is CC1CN(C(=O)NC(C(=O)O)C2CC2)CC(C)(C)O1. The number of carboxylic acid groups (broad SMARTS) is 1. The maximum atomic E-state index is 12.2. The van der Waals surface area contributed by atoms with E-state index in [-0.39, 0.29) is 18.1 Å². The lowest BCUT2D eigenvalue weighted by atomic mass is 10.1. The highest BCUT2D eigenvalue weighted by Gasteiger charge is 2.40. The van der Waals surface area contributed by atoms with E-state index >= 15 is 0 Å². The third-order valence-corrected chi connectivity index (χ3v) is 3.50. The molecule has 1 aliphatic heterocycles. The van der Waals surface area contributed by atoms with Gasteiger partial charge < -0.3 is 20.1 Å². The first kappa shape index (κ1) is 14.1. The standard InChI is InChI=1S/C13H22N2O4/c1-8-6-15(7-13(2,3)19-8)12(18)14-10(11(16)17)9-4-5-9/h8-10H,4-7H2,1-3H3,(H,14,18)(H,16,17). The molecule has 2 fully saturated rings. The molecule has 1 aliphatic carbocycles. The van der Waals surface area contributed by atoms with Gasteiger partial charge in [-0.15, -0.1) is 0 Å². The van der Waals surface area contributed by atoms with Crippen molar-refractivity contribution in [2.24, 2.45) is 5.92 Å². The van der Waals surface area contributed by atoms with Crippen LogP contribution in [-0.2, 0) is 9.53 Å². The van der Waals surface area contributed by atoms with Gasteiger partial charge in [0.15, 0.2) is 0 Å². The zero-order valence-corrected chi connectivity index (χ0v) is 11.7. The maximum absolute atomic E-state index is 12.2. The molecule has 0 aromatic carbocycles. The molecule has 2 N–H and O–H groups in total. The number of urea groups is 1. The van der Waals surface area contributed by atoms with E-state index in [9.17, 15) is 9.59 Å². The summed E-state index contributed by atoms with van der Waals surface area (Å²) in [6.45, 7) is 6.74. The van der Waals surface area contributed by atoms with Crippen LogP contribution in [-0.4, -0.2) is 52.8 Å². The minimum absolute atomic E-state index is 0.0429. The second-order valence-electron chi connectivity index (χ2n) is 6.17. The predicted molar refractivity (Wildman–Crippen MR) is 68.9 cm³/mol. The van der Waals surface area contributed by atoms with Gasteiger partial charge in [-0.05, 0) is 39.5 Å². The Morgan fingerprint density at radius 1 is 1.42 bits per heavy atom. The van der Waals surface area contributed by atoms with E-state index in [1.807, 2.05) is 20.8 Å². The molecule has 1 heterocycles. The normalized spacial score (nSPS) is 27.7. The molecule has 2 rings (SSSR count). The molecule has 2 atom stereocenters. The largest absolute Gasteiger partial charge is 0.480 e. The second kappa shape index (κ2) is 5.00. The molecule has 19 heavy (non-hydrogen) atoms. The minimum atomic E-state index is -0.948. The Morgan fingerprint density at radius 2 is 2.05 bits per heavy atom. The summed E-state index contributed by atoms with van der Waals surface area (Å²) in [5, 5.41) is 11.8. The molecule has 6 nitrogen and oxygen atoms in total.